The summed E-state index contributed by atoms with van der Waals surface area (Å²) in [6.07, 6.45) is -0.150. The van der Waals surface area contributed by atoms with E-state index in [1.807, 2.05) is 22.6 Å². The number of benzene rings is 3. The zero-order valence-corrected chi connectivity index (χ0v) is 23.0. The van der Waals surface area contributed by atoms with Gasteiger partial charge < -0.3 is 9.84 Å². The summed E-state index contributed by atoms with van der Waals surface area (Å²) in [6.45, 7) is 0.882. The second kappa shape index (κ2) is 11.8. The lowest BCUT2D eigenvalue weighted by atomic mass is 10.0. The number of sulfonamides is 1. The molecule has 2 N–H and O–H groups in total. The van der Waals surface area contributed by atoms with Gasteiger partial charge in [0.1, 0.15) is 17.4 Å². The van der Waals surface area contributed by atoms with Crippen LogP contribution >= 0.6 is 22.6 Å². The van der Waals surface area contributed by atoms with Crippen molar-refractivity contribution in [3.05, 3.63) is 86.5 Å². The first kappa shape index (κ1) is 28.3. The summed E-state index contributed by atoms with van der Waals surface area (Å²) in [5.74, 6) is -2.23. The van der Waals surface area contributed by atoms with E-state index in [1.54, 1.807) is 18.2 Å². The molecule has 0 spiro atoms. The lowest BCUT2D eigenvalue weighted by molar-refractivity contribution is 0.320. The molecule has 12 heteroatoms. The average molecular weight is 651 g/mol. The quantitative estimate of drug-likeness (QED) is 0.293. The predicted molar refractivity (Wildman–Crippen MR) is 142 cm³/mol. The number of hydrogen-bond donors (Lipinski definition) is 2. The first-order valence-corrected chi connectivity index (χ1v) is 15.3. The van der Waals surface area contributed by atoms with Crippen LogP contribution in [0.3, 0.4) is 0 Å². The molecule has 0 saturated carbocycles. The van der Waals surface area contributed by atoms with Gasteiger partial charge in [-0.05, 0) is 69.6 Å². The summed E-state index contributed by atoms with van der Waals surface area (Å²) < 4.78 is 86.9. The number of hydrogen-bond acceptors (Lipinski definition) is 6. The van der Waals surface area contributed by atoms with Gasteiger partial charge in [0.25, 0.3) is 0 Å². The van der Waals surface area contributed by atoms with E-state index in [0.29, 0.717) is 9.13 Å². The lowest BCUT2D eigenvalue weighted by Gasteiger charge is -2.18. The number of ether oxygens (including phenoxy) is 1. The van der Waals surface area contributed by atoms with Crippen molar-refractivity contribution >= 4 is 48.1 Å². The molecule has 0 amide bonds. The van der Waals surface area contributed by atoms with Gasteiger partial charge >= 0.3 is 0 Å². The van der Waals surface area contributed by atoms with Gasteiger partial charge in [0.2, 0.25) is 10.0 Å². The molecule has 0 fully saturated rings. The van der Waals surface area contributed by atoms with Gasteiger partial charge in [0.15, 0.2) is 15.6 Å². The topological polar surface area (TPSA) is 110 Å². The van der Waals surface area contributed by atoms with E-state index >= 15 is 0 Å². The number of sulfone groups is 1. The van der Waals surface area contributed by atoms with Crippen LogP contribution in [0.5, 0.6) is 11.5 Å². The largest absolute Gasteiger partial charge is 0.455 e. The molecule has 0 radical (unpaired) electrons. The first-order valence-electron chi connectivity index (χ1n) is 10.8. The number of aliphatic hydroxyl groups is 1. The highest BCUT2D eigenvalue weighted by Crippen LogP contribution is 2.36. The molecule has 0 bridgehead atoms. The molecule has 0 aliphatic carbocycles. The molecule has 0 aliphatic heterocycles. The van der Waals surface area contributed by atoms with Crippen molar-refractivity contribution < 1.29 is 35.5 Å². The molecule has 0 aromatic heterocycles. The predicted octanol–water partition coefficient (Wildman–Crippen LogP) is 4.62. The molecule has 0 atom stereocenters. The Morgan fingerprint density at radius 3 is 2.42 bits per heavy atom. The monoisotopic (exact) mass is 651 g/mol. The fourth-order valence-electron chi connectivity index (χ4n) is 3.35. The Labute approximate surface area is 222 Å². The maximum atomic E-state index is 14.6. The van der Waals surface area contributed by atoms with Gasteiger partial charge in [-0.25, -0.2) is 25.6 Å². The summed E-state index contributed by atoms with van der Waals surface area (Å²) in [5, 5.41) is 9.13. The minimum Gasteiger partial charge on any atom is -0.455 e. The van der Waals surface area contributed by atoms with Crippen molar-refractivity contribution in [1.82, 2.24) is 0 Å². The summed E-state index contributed by atoms with van der Waals surface area (Å²) in [5.41, 5.74) is 0.640. The van der Waals surface area contributed by atoms with Gasteiger partial charge in [-0.15, -0.1) is 0 Å². The van der Waals surface area contributed by atoms with Crippen LogP contribution in [0, 0.1) is 15.2 Å². The van der Waals surface area contributed by atoms with Crippen molar-refractivity contribution in [2.45, 2.75) is 19.1 Å². The van der Waals surface area contributed by atoms with Crippen LogP contribution in [0.15, 0.2) is 54.6 Å². The highest BCUT2D eigenvalue weighted by Gasteiger charge is 2.21. The smallest absolute Gasteiger partial charge is 0.235 e. The number of rotatable bonds is 11. The van der Waals surface area contributed by atoms with Crippen LogP contribution in [0.1, 0.15) is 23.6 Å². The molecule has 0 heterocycles. The number of aliphatic hydroxyl groups excluding tert-OH is 1. The molecule has 7 nitrogen and oxygen atoms in total. The zero-order valence-electron chi connectivity index (χ0n) is 19.2. The second-order valence-electron chi connectivity index (χ2n) is 7.92. The lowest BCUT2D eigenvalue weighted by Crippen LogP contribution is -2.20. The third-order valence-electron chi connectivity index (χ3n) is 5.11. The van der Waals surface area contributed by atoms with Crippen LogP contribution in [0.2, 0.25) is 0 Å². The minimum atomic E-state index is -4.06. The maximum Gasteiger partial charge on any atom is 0.235 e. The van der Waals surface area contributed by atoms with Crippen LogP contribution in [-0.4, -0.2) is 40.1 Å². The van der Waals surface area contributed by atoms with Crippen LogP contribution in [0.25, 0.3) is 0 Å². The standard InChI is InChI=1S/C24H24F2INO6S2/c1-2-35(30,31)15-16-4-3-5-21(10-16)34-23-13-19(25)12-18(24(23)28-36(32,33)9-8-29)11-17-6-7-20(27)14-22(17)26/h3-7,10,12-14,28-29H,2,8-9,11,15H2,1H3. The van der Waals surface area contributed by atoms with Crippen molar-refractivity contribution in [2.75, 3.05) is 22.8 Å². The van der Waals surface area contributed by atoms with E-state index in [1.165, 1.54) is 31.2 Å². The highest BCUT2D eigenvalue weighted by atomic mass is 127. The van der Waals surface area contributed by atoms with E-state index in [9.17, 15) is 25.6 Å². The van der Waals surface area contributed by atoms with E-state index in [4.69, 9.17) is 9.84 Å². The molecular formula is C24H24F2INO6S2. The van der Waals surface area contributed by atoms with Crippen LogP contribution in [0.4, 0.5) is 14.5 Å². The molecule has 0 aliphatic rings. The fraction of sp³-hybridized carbons (Fsp3) is 0.250. The van der Waals surface area contributed by atoms with E-state index in [2.05, 4.69) is 4.72 Å². The van der Waals surface area contributed by atoms with Crippen molar-refractivity contribution in [3.63, 3.8) is 0 Å². The summed E-state index contributed by atoms with van der Waals surface area (Å²) in [6, 6.07) is 12.7. The maximum absolute atomic E-state index is 14.6. The third-order valence-corrected chi connectivity index (χ3v) is 8.67. The fourth-order valence-corrected chi connectivity index (χ4v) is 5.58. The van der Waals surface area contributed by atoms with Crippen molar-refractivity contribution in [1.29, 1.82) is 0 Å². The number of anilines is 1. The SMILES string of the molecule is CCS(=O)(=O)Cc1cccc(Oc2cc(F)cc(Cc3ccc(I)cc3F)c2NS(=O)(=O)CCO)c1. The van der Waals surface area contributed by atoms with Gasteiger partial charge in [-0.1, -0.05) is 25.1 Å². The van der Waals surface area contributed by atoms with Gasteiger partial charge in [0.05, 0.1) is 23.8 Å². The summed E-state index contributed by atoms with van der Waals surface area (Å²) in [7, 11) is -7.38. The summed E-state index contributed by atoms with van der Waals surface area (Å²) >= 11 is 1.95. The van der Waals surface area contributed by atoms with Gasteiger partial charge in [0, 0.05) is 21.8 Å². The Morgan fingerprint density at radius 1 is 1.00 bits per heavy atom. The van der Waals surface area contributed by atoms with E-state index in [-0.39, 0.29) is 46.2 Å². The Morgan fingerprint density at radius 2 is 1.75 bits per heavy atom. The molecule has 3 rings (SSSR count). The molecule has 3 aromatic carbocycles. The third kappa shape index (κ3) is 7.85. The normalized spacial score (nSPS) is 11.9. The molecule has 3 aromatic rings. The van der Waals surface area contributed by atoms with E-state index in [0.717, 1.165) is 12.1 Å². The van der Waals surface area contributed by atoms with Crippen molar-refractivity contribution in [3.8, 4) is 11.5 Å². The Bertz CT molecular complexity index is 1460. The summed E-state index contributed by atoms with van der Waals surface area (Å²) in [4.78, 5) is 0. The number of nitrogens with one attached hydrogen (secondary N) is 1. The van der Waals surface area contributed by atoms with Crippen molar-refractivity contribution in [2.24, 2.45) is 0 Å². The molecule has 36 heavy (non-hydrogen) atoms. The Balaban J connectivity index is 2.07. The highest BCUT2D eigenvalue weighted by molar-refractivity contribution is 14.1. The average Bonchev–Trinajstić information content (AvgIpc) is 2.78. The van der Waals surface area contributed by atoms with Crippen LogP contribution < -0.4 is 9.46 Å². The van der Waals surface area contributed by atoms with E-state index < -0.39 is 43.9 Å². The molecule has 0 saturated heterocycles. The first-order chi connectivity index (χ1) is 16.9. The zero-order chi connectivity index (χ0) is 26.5. The molecule has 0 unspecified atom stereocenters. The number of halogens is 3. The van der Waals surface area contributed by atoms with Gasteiger partial charge in [-0.3, -0.25) is 4.72 Å². The molecule has 194 valence electrons. The molecular weight excluding hydrogens is 627 g/mol. The second-order valence-corrected chi connectivity index (χ2v) is 13.4. The minimum absolute atomic E-state index is 0.0444. The van der Waals surface area contributed by atoms with Crippen LogP contribution in [-0.2, 0) is 32.0 Å². The Kier molecular flexibility index (Phi) is 9.30. The Hall–Kier alpha value is -2.29. The van der Waals surface area contributed by atoms with Gasteiger partial charge in [-0.2, -0.15) is 0 Å².